The van der Waals surface area contributed by atoms with Crippen LogP contribution >= 0.6 is 0 Å². The van der Waals surface area contributed by atoms with Crippen molar-refractivity contribution < 1.29 is 4.79 Å². The van der Waals surface area contributed by atoms with E-state index in [0.717, 1.165) is 5.92 Å². The van der Waals surface area contributed by atoms with Crippen LogP contribution in [0, 0.1) is 17.8 Å². The standard InChI is InChI=1S/C11H20N2O/c1-7-5-3-4-6-9(7)10-8(2)11(14)13-12-10/h7-10,12H,3-6H2,1-2H3,(H,13,14). The summed E-state index contributed by atoms with van der Waals surface area (Å²) >= 11 is 0. The van der Waals surface area contributed by atoms with Crippen molar-refractivity contribution in [3.63, 3.8) is 0 Å². The van der Waals surface area contributed by atoms with E-state index in [9.17, 15) is 4.79 Å². The van der Waals surface area contributed by atoms with E-state index in [1.54, 1.807) is 0 Å². The first-order valence-corrected chi connectivity index (χ1v) is 5.75. The van der Waals surface area contributed by atoms with E-state index in [2.05, 4.69) is 17.8 Å². The van der Waals surface area contributed by atoms with Gasteiger partial charge in [0.05, 0.1) is 5.92 Å². The number of rotatable bonds is 1. The summed E-state index contributed by atoms with van der Waals surface area (Å²) in [5.41, 5.74) is 5.90. The Morgan fingerprint density at radius 3 is 2.50 bits per heavy atom. The first-order valence-electron chi connectivity index (χ1n) is 5.75. The highest BCUT2D eigenvalue weighted by Crippen LogP contribution is 2.35. The molecule has 1 aliphatic heterocycles. The summed E-state index contributed by atoms with van der Waals surface area (Å²) in [6.07, 6.45) is 5.29. The predicted molar refractivity (Wildman–Crippen MR) is 55.4 cm³/mol. The van der Waals surface area contributed by atoms with Crippen molar-refractivity contribution in [1.82, 2.24) is 10.9 Å². The van der Waals surface area contributed by atoms with Crippen LogP contribution in [0.25, 0.3) is 0 Å². The number of carbonyl (C=O) groups is 1. The molecule has 0 aromatic carbocycles. The predicted octanol–water partition coefficient (Wildman–Crippen LogP) is 1.45. The molecule has 0 radical (unpaired) electrons. The smallest absolute Gasteiger partial charge is 0.238 e. The molecule has 3 nitrogen and oxygen atoms in total. The molecule has 80 valence electrons. The van der Waals surface area contributed by atoms with Crippen LogP contribution < -0.4 is 10.9 Å². The summed E-state index contributed by atoms with van der Waals surface area (Å²) < 4.78 is 0. The summed E-state index contributed by atoms with van der Waals surface area (Å²) in [5.74, 6) is 1.74. The van der Waals surface area contributed by atoms with E-state index >= 15 is 0 Å². The van der Waals surface area contributed by atoms with E-state index in [1.165, 1.54) is 25.7 Å². The van der Waals surface area contributed by atoms with Gasteiger partial charge in [0.1, 0.15) is 0 Å². The largest absolute Gasteiger partial charge is 0.291 e. The van der Waals surface area contributed by atoms with Gasteiger partial charge in [-0.2, -0.15) is 0 Å². The number of amides is 1. The quantitative estimate of drug-likeness (QED) is 0.666. The van der Waals surface area contributed by atoms with Crippen LogP contribution in [0.1, 0.15) is 39.5 Å². The van der Waals surface area contributed by atoms with Gasteiger partial charge < -0.3 is 0 Å². The fourth-order valence-corrected chi connectivity index (χ4v) is 2.91. The Kier molecular flexibility index (Phi) is 2.77. The van der Waals surface area contributed by atoms with Crippen molar-refractivity contribution in [2.75, 3.05) is 0 Å². The van der Waals surface area contributed by atoms with Crippen LogP contribution in [0.2, 0.25) is 0 Å². The number of hydrogen-bond donors (Lipinski definition) is 2. The van der Waals surface area contributed by atoms with Crippen molar-refractivity contribution in [3.8, 4) is 0 Å². The fourth-order valence-electron chi connectivity index (χ4n) is 2.91. The minimum absolute atomic E-state index is 0.139. The Balaban J connectivity index is 2.03. The molecule has 1 amide bonds. The molecule has 3 heteroatoms. The molecule has 14 heavy (non-hydrogen) atoms. The number of hydrazine groups is 1. The monoisotopic (exact) mass is 196 g/mol. The molecule has 2 fully saturated rings. The Labute approximate surface area is 85.6 Å². The van der Waals surface area contributed by atoms with E-state index < -0.39 is 0 Å². The van der Waals surface area contributed by atoms with Crippen molar-refractivity contribution in [1.29, 1.82) is 0 Å². The van der Waals surface area contributed by atoms with Gasteiger partial charge in [0.15, 0.2) is 0 Å². The average Bonchev–Trinajstić information content (AvgIpc) is 2.49. The van der Waals surface area contributed by atoms with Crippen molar-refractivity contribution in [3.05, 3.63) is 0 Å². The van der Waals surface area contributed by atoms with Gasteiger partial charge in [0, 0.05) is 6.04 Å². The van der Waals surface area contributed by atoms with Gasteiger partial charge in [-0.1, -0.05) is 33.1 Å². The fraction of sp³-hybridized carbons (Fsp3) is 0.909. The van der Waals surface area contributed by atoms with Crippen molar-refractivity contribution in [2.24, 2.45) is 17.8 Å². The Morgan fingerprint density at radius 2 is 1.93 bits per heavy atom. The van der Waals surface area contributed by atoms with Crippen molar-refractivity contribution >= 4 is 5.91 Å². The lowest BCUT2D eigenvalue weighted by molar-refractivity contribution is -0.122. The van der Waals surface area contributed by atoms with E-state index in [4.69, 9.17) is 0 Å². The van der Waals surface area contributed by atoms with Crippen LogP contribution in [0.5, 0.6) is 0 Å². The molecule has 0 spiro atoms. The lowest BCUT2D eigenvalue weighted by Crippen LogP contribution is -2.41. The second-order valence-electron chi connectivity index (χ2n) is 4.87. The van der Waals surface area contributed by atoms with Crippen LogP contribution in [0.15, 0.2) is 0 Å². The third-order valence-electron chi connectivity index (χ3n) is 3.95. The summed E-state index contributed by atoms with van der Waals surface area (Å²) in [7, 11) is 0. The first-order chi connectivity index (χ1) is 6.70. The Bertz CT molecular complexity index is 229. The van der Waals surface area contributed by atoms with Gasteiger partial charge in [-0.15, -0.1) is 0 Å². The molecule has 0 bridgehead atoms. The molecule has 2 rings (SSSR count). The molecule has 2 N–H and O–H groups in total. The zero-order valence-corrected chi connectivity index (χ0v) is 9.05. The van der Waals surface area contributed by atoms with Gasteiger partial charge in [-0.3, -0.25) is 10.2 Å². The van der Waals surface area contributed by atoms with Crippen LogP contribution in [0.4, 0.5) is 0 Å². The highest BCUT2D eigenvalue weighted by molar-refractivity contribution is 5.80. The highest BCUT2D eigenvalue weighted by atomic mass is 16.2. The summed E-state index contributed by atoms with van der Waals surface area (Å²) in [6, 6.07) is 0.359. The lowest BCUT2D eigenvalue weighted by Gasteiger charge is -2.34. The maximum absolute atomic E-state index is 11.4. The molecule has 2 aliphatic rings. The second kappa shape index (κ2) is 3.89. The molecule has 1 saturated carbocycles. The lowest BCUT2D eigenvalue weighted by atomic mass is 9.73. The maximum atomic E-state index is 11.4. The molecule has 0 aromatic rings. The van der Waals surface area contributed by atoms with E-state index in [-0.39, 0.29) is 11.8 Å². The Morgan fingerprint density at radius 1 is 1.21 bits per heavy atom. The zero-order valence-electron chi connectivity index (χ0n) is 9.05. The number of nitrogens with one attached hydrogen (secondary N) is 2. The molecular formula is C11H20N2O. The van der Waals surface area contributed by atoms with Crippen LogP contribution in [0.3, 0.4) is 0 Å². The van der Waals surface area contributed by atoms with Crippen LogP contribution in [-0.4, -0.2) is 11.9 Å². The normalized spacial score (nSPS) is 43.7. The minimum atomic E-state index is 0.139. The second-order valence-corrected chi connectivity index (χ2v) is 4.87. The van der Waals surface area contributed by atoms with Crippen molar-refractivity contribution in [2.45, 2.75) is 45.6 Å². The van der Waals surface area contributed by atoms with Crippen LogP contribution in [-0.2, 0) is 4.79 Å². The SMILES string of the molecule is CC1CCCCC1C1NNC(=O)C1C. The molecular weight excluding hydrogens is 176 g/mol. The number of carbonyl (C=O) groups excluding carboxylic acids is 1. The molecule has 4 unspecified atom stereocenters. The third kappa shape index (κ3) is 1.65. The van der Waals surface area contributed by atoms with E-state index in [0.29, 0.717) is 12.0 Å². The Hall–Kier alpha value is -0.570. The summed E-state index contributed by atoms with van der Waals surface area (Å²) in [4.78, 5) is 11.4. The maximum Gasteiger partial charge on any atom is 0.238 e. The van der Waals surface area contributed by atoms with E-state index in [1.807, 2.05) is 6.92 Å². The topological polar surface area (TPSA) is 41.1 Å². The number of hydrogen-bond acceptors (Lipinski definition) is 2. The molecule has 1 aliphatic carbocycles. The highest BCUT2D eigenvalue weighted by Gasteiger charge is 2.39. The van der Waals surface area contributed by atoms with Gasteiger partial charge in [0.2, 0.25) is 5.91 Å². The third-order valence-corrected chi connectivity index (χ3v) is 3.95. The minimum Gasteiger partial charge on any atom is -0.291 e. The molecule has 1 saturated heterocycles. The van der Waals surface area contributed by atoms with Gasteiger partial charge >= 0.3 is 0 Å². The first kappa shape index (κ1) is 9.97. The molecule has 1 heterocycles. The molecule has 0 aromatic heterocycles. The van der Waals surface area contributed by atoms with Gasteiger partial charge in [-0.25, -0.2) is 5.43 Å². The average molecular weight is 196 g/mol. The van der Waals surface area contributed by atoms with Gasteiger partial charge in [-0.05, 0) is 18.3 Å². The zero-order chi connectivity index (χ0) is 10.1. The van der Waals surface area contributed by atoms with Gasteiger partial charge in [0.25, 0.3) is 0 Å². The summed E-state index contributed by atoms with van der Waals surface area (Å²) in [6.45, 7) is 4.35. The summed E-state index contributed by atoms with van der Waals surface area (Å²) in [5, 5.41) is 0. The molecule has 4 atom stereocenters.